The average Bonchev–Trinajstić information content (AvgIpc) is 2.88. The Hall–Kier alpha value is -3.24. The quantitative estimate of drug-likeness (QED) is 0.761. The third kappa shape index (κ3) is 3.34. The Labute approximate surface area is 144 Å². The maximum absolute atomic E-state index is 11.9. The fourth-order valence-electron chi connectivity index (χ4n) is 2.52. The van der Waals surface area contributed by atoms with E-state index < -0.39 is 17.4 Å². The van der Waals surface area contributed by atoms with Gasteiger partial charge in [0.05, 0.1) is 0 Å². The maximum Gasteiger partial charge on any atom is 0.267 e. The molecule has 7 nitrogen and oxygen atoms in total. The van der Waals surface area contributed by atoms with Gasteiger partial charge in [0.25, 0.3) is 11.8 Å². The number of carbonyl (C=O) groups is 2. The summed E-state index contributed by atoms with van der Waals surface area (Å²) in [5, 5.41) is 10.3. The van der Waals surface area contributed by atoms with E-state index in [0.717, 1.165) is 0 Å². The van der Waals surface area contributed by atoms with Crippen molar-refractivity contribution in [2.45, 2.75) is 12.0 Å². The maximum atomic E-state index is 11.9. The van der Waals surface area contributed by atoms with Crippen LogP contribution in [0.2, 0.25) is 0 Å². The van der Waals surface area contributed by atoms with Gasteiger partial charge in [-0.2, -0.15) is 0 Å². The number of likely N-dealkylation sites (N-methyl/N-ethyl adjacent to an activating group) is 1. The van der Waals surface area contributed by atoms with E-state index in [2.05, 4.69) is 21.8 Å². The van der Waals surface area contributed by atoms with Crippen LogP contribution >= 0.6 is 0 Å². The SMILES string of the molecule is CN1CCC(O)(C#Cc2cccc(-c3nccc(C(N)=O)n3)c2)C1=O. The van der Waals surface area contributed by atoms with Gasteiger partial charge in [0.15, 0.2) is 5.82 Å². The molecule has 1 saturated heterocycles. The summed E-state index contributed by atoms with van der Waals surface area (Å²) >= 11 is 0. The highest BCUT2D eigenvalue weighted by Gasteiger charge is 2.42. The molecule has 1 aliphatic heterocycles. The van der Waals surface area contributed by atoms with E-state index in [1.807, 2.05) is 0 Å². The topological polar surface area (TPSA) is 109 Å². The third-order valence-electron chi connectivity index (χ3n) is 3.95. The minimum Gasteiger partial charge on any atom is -0.369 e. The second-order valence-corrected chi connectivity index (χ2v) is 5.80. The summed E-state index contributed by atoms with van der Waals surface area (Å²) in [7, 11) is 1.63. The number of aromatic nitrogens is 2. The van der Waals surface area contributed by atoms with Crippen molar-refractivity contribution in [2.24, 2.45) is 5.73 Å². The molecule has 7 heteroatoms. The summed E-state index contributed by atoms with van der Waals surface area (Å²) < 4.78 is 0. The van der Waals surface area contributed by atoms with E-state index in [4.69, 9.17) is 5.73 Å². The van der Waals surface area contributed by atoms with Crippen molar-refractivity contribution in [1.82, 2.24) is 14.9 Å². The standard InChI is InChI=1S/C18H16N4O3/c1-22-10-8-18(25,17(22)24)7-5-12-3-2-4-13(11-12)16-20-9-6-14(21-16)15(19)23/h2-4,6,9,11,25H,8,10H2,1H3,(H2,19,23). The fourth-order valence-corrected chi connectivity index (χ4v) is 2.52. The van der Waals surface area contributed by atoms with Crippen molar-refractivity contribution >= 4 is 11.8 Å². The average molecular weight is 336 g/mol. The number of hydrogen-bond acceptors (Lipinski definition) is 5. The van der Waals surface area contributed by atoms with Gasteiger partial charge in [-0.15, -0.1) is 0 Å². The van der Waals surface area contributed by atoms with Crippen molar-refractivity contribution < 1.29 is 14.7 Å². The number of carbonyl (C=O) groups excluding carboxylic acids is 2. The van der Waals surface area contributed by atoms with Crippen LogP contribution in [0.15, 0.2) is 36.5 Å². The third-order valence-corrected chi connectivity index (χ3v) is 3.95. The number of likely N-dealkylation sites (tertiary alicyclic amines) is 1. The van der Waals surface area contributed by atoms with Crippen LogP contribution < -0.4 is 5.73 Å². The van der Waals surface area contributed by atoms with Crippen LogP contribution in [0.5, 0.6) is 0 Å². The Morgan fingerprint density at radius 2 is 2.20 bits per heavy atom. The second kappa shape index (κ2) is 6.34. The highest BCUT2D eigenvalue weighted by molar-refractivity contribution is 5.91. The zero-order valence-corrected chi connectivity index (χ0v) is 13.6. The summed E-state index contributed by atoms with van der Waals surface area (Å²) in [6.07, 6.45) is 1.73. The highest BCUT2D eigenvalue weighted by atomic mass is 16.3. The van der Waals surface area contributed by atoms with Gasteiger partial charge in [-0.25, -0.2) is 9.97 Å². The number of rotatable bonds is 2. The van der Waals surface area contributed by atoms with Crippen molar-refractivity contribution in [3.8, 4) is 23.2 Å². The predicted octanol–water partition coefficient (Wildman–Crippen LogP) is 0.187. The van der Waals surface area contributed by atoms with E-state index >= 15 is 0 Å². The van der Waals surface area contributed by atoms with E-state index in [1.54, 1.807) is 31.3 Å². The van der Waals surface area contributed by atoms with E-state index in [1.165, 1.54) is 17.2 Å². The number of aliphatic hydroxyl groups is 1. The van der Waals surface area contributed by atoms with Crippen molar-refractivity contribution in [3.63, 3.8) is 0 Å². The number of nitrogens with two attached hydrogens (primary N) is 1. The van der Waals surface area contributed by atoms with Gasteiger partial charge in [-0.3, -0.25) is 9.59 Å². The molecule has 1 unspecified atom stereocenters. The molecular formula is C18H16N4O3. The van der Waals surface area contributed by atoms with Gasteiger partial charge in [-0.05, 0) is 18.2 Å². The van der Waals surface area contributed by atoms with Gasteiger partial charge < -0.3 is 15.7 Å². The smallest absolute Gasteiger partial charge is 0.267 e. The van der Waals surface area contributed by atoms with Gasteiger partial charge in [0.1, 0.15) is 5.69 Å². The van der Waals surface area contributed by atoms with Crippen molar-refractivity contribution in [2.75, 3.05) is 13.6 Å². The van der Waals surface area contributed by atoms with E-state index in [0.29, 0.717) is 23.5 Å². The van der Waals surface area contributed by atoms with Crippen LogP contribution in [0.4, 0.5) is 0 Å². The normalized spacial score (nSPS) is 19.4. The fraction of sp³-hybridized carbons (Fsp3) is 0.222. The lowest BCUT2D eigenvalue weighted by Gasteiger charge is -2.13. The summed E-state index contributed by atoms with van der Waals surface area (Å²) in [5.74, 6) is 4.81. The van der Waals surface area contributed by atoms with Gasteiger partial charge in [-0.1, -0.05) is 24.0 Å². The molecule has 3 N–H and O–H groups in total. The summed E-state index contributed by atoms with van der Waals surface area (Å²) in [5.41, 5.74) is 4.96. The number of benzene rings is 1. The second-order valence-electron chi connectivity index (χ2n) is 5.80. The number of primary amides is 1. The van der Waals surface area contributed by atoms with Crippen LogP contribution in [0.25, 0.3) is 11.4 Å². The van der Waals surface area contributed by atoms with Crippen LogP contribution in [0.3, 0.4) is 0 Å². The molecule has 0 spiro atoms. The molecule has 1 atom stereocenters. The summed E-state index contributed by atoms with van der Waals surface area (Å²) in [6.45, 7) is 0.470. The molecule has 25 heavy (non-hydrogen) atoms. The molecule has 0 radical (unpaired) electrons. The zero-order chi connectivity index (χ0) is 18.0. The van der Waals surface area contributed by atoms with Crippen molar-refractivity contribution in [3.05, 3.63) is 47.8 Å². The molecule has 2 amide bonds. The molecule has 126 valence electrons. The minimum absolute atomic E-state index is 0.121. The van der Waals surface area contributed by atoms with E-state index in [-0.39, 0.29) is 12.1 Å². The largest absolute Gasteiger partial charge is 0.369 e. The van der Waals surface area contributed by atoms with Gasteiger partial charge in [0, 0.05) is 37.3 Å². The number of amides is 2. The molecule has 0 aliphatic carbocycles. The van der Waals surface area contributed by atoms with Crippen LogP contribution in [0, 0.1) is 11.8 Å². The number of nitrogens with zero attached hydrogens (tertiary/aromatic N) is 3. The molecular weight excluding hydrogens is 320 g/mol. The highest BCUT2D eigenvalue weighted by Crippen LogP contribution is 2.21. The molecule has 1 fully saturated rings. The first-order valence-corrected chi connectivity index (χ1v) is 7.63. The Kier molecular flexibility index (Phi) is 4.21. The molecule has 0 bridgehead atoms. The molecule has 1 aromatic carbocycles. The summed E-state index contributed by atoms with van der Waals surface area (Å²) in [6, 6.07) is 8.44. The van der Waals surface area contributed by atoms with Crippen LogP contribution in [-0.4, -0.2) is 51.0 Å². The van der Waals surface area contributed by atoms with Gasteiger partial charge in [0.2, 0.25) is 5.60 Å². The van der Waals surface area contributed by atoms with Crippen molar-refractivity contribution in [1.29, 1.82) is 0 Å². The first-order chi connectivity index (χ1) is 11.9. The monoisotopic (exact) mass is 336 g/mol. The molecule has 1 aromatic heterocycles. The van der Waals surface area contributed by atoms with Crippen LogP contribution in [0.1, 0.15) is 22.5 Å². The minimum atomic E-state index is -1.65. The lowest BCUT2D eigenvalue weighted by molar-refractivity contribution is -0.137. The zero-order valence-electron chi connectivity index (χ0n) is 13.6. The first-order valence-electron chi connectivity index (χ1n) is 7.63. The lowest BCUT2D eigenvalue weighted by Crippen LogP contribution is -2.37. The number of hydrogen-bond donors (Lipinski definition) is 2. The Bertz CT molecular complexity index is 916. The Balaban J connectivity index is 1.91. The predicted molar refractivity (Wildman–Crippen MR) is 90.1 cm³/mol. The van der Waals surface area contributed by atoms with Crippen LogP contribution in [-0.2, 0) is 4.79 Å². The van der Waals surface area contributed by atoms with Gasteiger partial charge >= 0.3 is 0 Å². The Morgan fingerprint density at radius 3 is 2.88 bits per heavy atom. The molecule has 3 rings (SSSR count). The lowest BCUT2D eigenvalue weighted by atomic mass is 10.0. The molecule has 2 heterocycles. The summed E-state index contributed by atoms with van der Waals surface area (Å²) in [4.78, 5) is 32.9. The molecule has 0 saturated carbocycles. The van der Waals surface area contributed by atoms with E-state index in [9.17, 15) is 14.7 Å². The Morgan fingerprint density at radius 1 is 1.40 bits per heavy atom. The molecule has 2 aromatic rings. The first kappa shape index (κ1) is 16.6. The molecule has 1 aliphatic rings.